The summed E-state index contributed by atoms with van der Waals surface area (Å²) in [4.78, 5) is 0. The van der Waals surface area contributed by atoms with E-state index in [1.54, 1.807) is 25.2 Å². The number of hydrogen-bond donors (Lipinski definition) is 1. The lowest BCUT2D eigenvalue weighted by molar-refractivity contribution is -0.00411. The summed E-state index contributed by atoms with van der Waals surface area (Å²) < 4.78 is 36.4. The molecule has 5 nitrogen and oxygen atoms in total. The van der Waals surface area contributed by atoms with Crippen molar-refractivity contribution >= 4 is 7.12 Å². The van der Waals surface area contributed by atoms with Gasteiger partial charge in [0.1, 0.15) is 5.72 Å². The molecule has 2 aliphatic heterocycles. The van der Waals surface area contributed by atoms with E-state index in [-0.39, 0.29) is 6.54 Å². The van der Waals surface area contributed by atoms with Crippen LogP contribution >= 0.6 is 0 Å². The highest BCUT2D eigenvalue weighted by Gasteiger charge is 2.54. The van der Waals surface area contributed by atoms with Crippen molar-refractivity contribution in [3.05, 3.63) is 11.7 Å². The number of nitrogens with zero attached hydrogens (tertiary/aromatic N) is 2. The van der Waals surface area contributed by atoms with Gasteiger partial charge in [0, 0.05) is 19.8 Å². The van der Waals surface area contributed by atoms with Crippen molar-refractivity contribution in [3.8, 4) is 0 Å². The third kappa shape index (κ3) is 2.76. The van der Waals surface area contributed by atoms with Crippen molar-refractivity contribution < 1.29 is 18.1 Å². The molecular formula is C11H20BF2N3O2. The van der Waals surface area contributed by atoms with Gasteiger partial charge >= 0.3 is 7.12 Å². The molecule has 1 fully saturated rings. The number of likely N-dealkylation sites (N-methyl/N-ethyl adjacent to an activating group) is 1. The molecule has 8 heteroatoms. The average Bonchev–Trinajstić information content (AvgIpc) is 2.66. The second-order valence-electron chi connectivity index (χ2n) is 5.72. The standard InChI is InChI=1S/C11H20BF2N3O2/c1-10(2)11(3,15)19-12(18-10)8-5-16(4)17(6-8)7-9(13)14/h6,9H,5,7,15H2,1-4H3/t11-/m0/s1. The quantitative estimate of drug-likeness (QED) is 0.773. The van der Waals surface area contributed by atoms with Gasteiger partial charge in [-0.1, -0.05) is 0 Å². The summed E-state index contributed by atoms with van der Waals surface area (Å²) in [7, 11) is 1.16. The Hall–Kier alpha value is -0.695. The maximum Gasteiger partial charge on any atom is 0.494 e. The molecule has 1 saturated heterocycles. The Kier molecular flexibility index (Phi) is 3.63. The third-order valence-electron chi connectivity index (χ3n) is 3.74. The van der Waals surface area contributed by atoms with E-state index in [0.29, 0.717) is 6.54 Å². The van der Waals surface area contributed by atoms with E-state index in [4.69, 9.17) is 15.0 Å². The fourth-order valence-electron chi connectivity index (χ4n) is 2.08. The summed E-state index contributed by atoms with van der Waals surface area (Å²) in [5, 5.41) is 3.17. The van der Waals surface area contributed by atoms with Gasteiger partial charge in [-0.3, -0.25) is 0 Å². The largest absolute Gasteiger partial charge is 0.494 e. The predicted octanol–water partition coefficient (Wildman–Crippen LogP) is 0.826. The summed E-state index contributed by atoms with van der Waals surface area (Å²) in [6.07, 6.45) is -0.742. The van der Waals surface area contributed by atoms with E-state index >= 15 is 0 Å². The Bertz CT molecular complexity index is 374. The zero-order chi connectivity index (χ0) is 14.4. The molecule has 1 atom stereocenters. The normalized spacial score (nSPS) is 31.5. The summed E-state index contributed by atoms with van der Waals surface area (Å²) in [6.45, 7) is 5.61. The molecule has 2 N–H and O–H groups in total. The van der Waals surface area contributed by atoms with E-state index < -0.39 is 24.9 Å². The number of nitrogens with two attached hydrogens (primary N) is 1. The molecule has 108 valence electrons. The van der Waals surface area contributed by atoms with Crippen molar-refractivity contribution in [2.24, 2.45) is 5.73 Å². The Morgan fingerprint density at radius 2 is 2.05 bits per heavy atom. The van der Waals surface area contributed by atoms with Gasteiger partial charge in [0.25, 0.3) is 6.43 Å². The molecule has 0 aromatic rings. The topological polar surface area (TPSA) is 51.0 Å². The molecule has 2 rings (SSSR count). The summed E-state index contributed by atoms with van der Waals surface area (Å²) in [5.41, 5.74) is 5.30. The molecular weight excluding hydrogens is 255 g/mol. The first kappa shape index (κ1) is 14.7. The number of hydrazine groups is 1. The Morgan fingerprint density at radius 3 is 2.53 bits per heavy atom. The second-order valence-corrected chi connectivity index (χ2v) is 5.72. The first-order valence-corrected chi connectivity index (χ1v) is 6.23. The molecule has 0 aliphatic carbocycles. The molecule has 0 radical (unpaired) electrons. The van der Waals surface area contributed by atoms with Gasteiger partial charge < -0.3 is 20.1 Å². The first-order chi connectivity index (χ1) is 8.62. The van der Waals surface area contributed by atoms with Crippen LogP contribution in [0.4, 0.5) is 8.78 Å². The van der Waals surface area contributed by atoms with Gasteiger partial charge in [-0.15, -0.1) is 0 Å². The van der Waals surface area contributed by atoms with E-state index in [0.717, 1.165) is 5.47 Å². The third-order valence-corrected chi connectivity index (χ3v) is 3.74. The van der Waals surface area contributed by atoms with Crippen LogP contribution < -0.4 is 5.73 Å². The maximum atomic E-state index is 12.4. The SMILES string of the molecule is CN1CC(B2OC(C)(C)[C@@](C)(N)O2)=CN1CC(F)F. The lowest BCUT2D eigenvalue weighted by Gasteiger charge is -2.31. The van der Waals surface area contributed by atoms with Gasteiger partial charge in [-0.25, -0.2) is 13.8 Å². The van der Waals surface area contributed by atoms with Crippen molar-refractivity contribution in [3.63, 3.8) is 0 Å². The predicted molar refractivity (Wildman–Crippen MR) is 68.0 cm³/mol. The van der Waals surface area contributed by atoms with Crippen LogP contribution in [0, 0.1) is 0 Å². The van der Waals surface area contributed by atoms with Crippen molar-refractivity contribution in [2.45, 2.75) is 38.5 Å². The number of rotatable bonds is 3. The van der Waals surface area contributed by atoms with Crippen LogP contribution in [-0.2, 0) is 9.31 Å². The minimum atomic E-state index is -2.39. The van der Waals surface area contributed by atoms with Crippen molar-refractivity contribution in [1.82, 2.24) is 10.0 Å². The minimum absolute atomic E-state index is 0.337. The highest BCUT2D eigenvalue weighted by Crippen LogP contribution is 2.36. The fraction of sp³-hybridized carbons (Fsp3) is 0.818. The Labute approximate surface area is 112 Å². The lowest BCUT2D eigenvalue weighted by Crippen LogP contribution is -2.52. The van der Waals surface area contributed by atoms with E-state index in [2.05, 4.69) is 0 Å². The molecule has 0 aromatic carbocycles. The Morgan fingerprint density at radius 1 is 1.42 bits per heavy atom. The van der Waals surface area contributed by atoms with Crippen LogP contribution in [-0.4, -0.2) is 55.0 Å². The summed E-state index contributed by atoms with van der Waals surface area (Å²) >= 11 is 0. The van der Waals surface area contributed by atoms with Crippen LogP contribution in [0.3, 0.4) is 0 Å². The molecule has 0 unspecified atom stereocenters. The molecule has 0 aromatic heterocycles. The van der Waals surface area contributed by atoms with E-state index in [1.165, 1.54) is 5.01 Å². The highest BCUT2D eigenvalue weighted by atomic mass is 19.3. The highest BCUT2D eigenvalue weighted by molar-refractivity contribution is 6.54. The van der Waals surface area contributed by atoms with Gasteiger partial charge in [0.2, 0.25) is 0 Å². The van der Waals surface area contributed by atoms with Gasteiger partial charge in [0.15, 0.2) is 0 Å². The fourth-order valence-corrected chi connectivity index (χ4v) is 2.08. The summed E-state index contributed by atoms with van der Waals surface area (Å²) in [6, 6.07) is 0. The molecule has 0 saturated carbocycles. The molecule has 2 heterocycles. The molecule has 0 bridgehead atoms. The molecule has 0 spiro atoms. The van der Waals surface area contributed by atoms with Crippen LogP contribution in [0.15, 0.2) is 11.7 Å². The Balaban J connectivity index is 2.09. The second kappa shape index (κ2) is 4.69. The molecule has 0 amide bonds. The smallest absolute Gasteiger partial charge is 0.398 e. The maximum absolute atomic E-state index is 12.4. The van der Waals surface area contributed by atoms with E-state index in [9.17, 15) is 8.78 Å². The monoisotopic (exact) mass is 275 g/mol. The van der Waals surface area contributed by atoms with Crippen molar-refractivity contribution in [1.29, 1.82) is 0 Å². The molecule has 2 aliphatic rings. The van der Waals surface area contributed by atoms with E-state index in [1.807, 2.05) is 13.8 Å². The van der Waals surface area contributed by atoms with Gasteiger partial charge in [-0.2, -0.15) is 0 Å². The minimum Gasteiger partial charge on any atom is -0.398 e. The van der Waals surface area contributed by atoms with Gasteiger partial charge in [-0.05, 0) is 26.2 Å². The number of alkyl halides is 2. The summed E-state index contributed by atoms with van der Waals surface area (Å²) in [5.74, 6) is 0. The van der Waals surface area contributed by atoms with Crippen molar-refractivity contribution in [2.75, 3.05) is 20.1 Å². The number of halogens is 2. The zero-order valence-electron chi connectivity index (χ0n) is 11.7. The van der Waals surface area contributed by atoms with Crippen LogP contribution in [0.1, 0.15) is 20.8 Å². The van der Waals surface area contributed by atoms with Gasteiger partial charge in [0.05, 0.1) is 12.1 Å². The first-order valence-electron chi connectivity index (χ1n) is 6.23. The van der Waals surface area contributed by atoms with Crippen LogP contribution in [0.5, 0.6) is 0 Å². The van der Waals surface area contributed by atoms with Crippen LogP contribution in [0.25, 0.3) is 0 Å². The van der Waals surface area contributed by atoms with Crippen LogP contribution in [0.2, 0.25) is 0 Å². The zero-order valence-corrected chi connectivity index (χ0v) is 11.7. The molecule has 19 heavy (non-hydrogen) atoms. The number of hydrogen-bond acceptors (Lipinski definition) is 5. The lowest BCUT2D eigenvalue weighted by atomic mass is 9.79. The average molecular weight is 275 g/mol.